The molecule has 0 fully saturated rings. The number of aromatic carboxylic acids is 1. The highest BCUT2D eigenvalue weighted by molar-refractivity contribution is 6.02. The molecule has 0 spiro atoms. The molecule has 0 aliphatic carbocycles. The fraction of sp³-hybridized carbons (Fsp3) is 0.231. The van der Waals surface area contributed by atoms with Crippen molar-refractivity contribution in [2.24, 2.45) is 0 Å². The molecule has 0 radical (unpaired) electrons. The number of nitrogens with zero attached hydrogens (tertiary/aromatic N) is 1. The lowest BCUT2D eigenvalue weighted by Crippen LogP contribution is -2.13. The monoisotopic (exact) mass is 285 g/mol. The number of carbonyl (C=O) groups is 1. The first-order chi connectivity index (χ1) is 9.37. The summed E-state index contributed by atoms with van der Waals surface area (Å²) < 4.78 is 41.0. The normalized spacial score (nSPS) is 11.6. The first-order valence-corrected chi connectivity index (χ1v) is 5.69. The van der Waals surface area contributed by atoms with Gasteiger partial charge < -0.3 is 9.84 Å². The van der Waals surface area contributed by atoms with E-state index in [-0.39, 0.29) is 11.4 Å². The summed E-state index contributed by atoms with van der Waals surface area (Å²) in [6, 6.07) is 7.58. The van der Waals surface area contributed by atoms with Crippen molar-refractivity contribution in [1.82, 2.24) is 4.98 Å². The lowest BCUT2D eigenvalue weighted by Gasteiger charge is -2.10. The van der Waals surface area contributed by atoms with Crippen molar-refractivity contribution < 1.29 is 27.8 Å². The lowest BCUT2D eigenvalue weighted by atomic mass is 10.1. The first kappa shape index (κ1) is 14.1. The summed E-state index contributed by atoms with van der Waals surface area (Å²) in [5.41, 5.74) is 0.298. The standard InChI is InChI=1S/C13H10F3NO3/c14-13(15,16)5-6-20-11-7-9(12(18)19)8-3-1-2-4-10(8)17-11/h1-4,7H,5-6H2,(H,18,19). The number of para-hydroxylation sites is 1. The van der Waals surface area contributed by atoms with Crippen LogP contribution in [0.2, 0.25) is 0 Å². The third-order valence-electron chi connectivity index (χ3n) is 2.56. The number of rotatable bonds is 4. The Balaban J connectivity index is 2.28. The smallest absolute Gasteiger partial charge is 0.392 e. The number of pyridine rings is 1. The van der Waals surface area contributed by atoms with Crippen LogP contribution in [0.25, 0.3) is 10.9 Å². The van der Waals surface area contributed by atoms with Gasteiger partial charge >= 0.3 is 12.1 Å². The molecule has 1 aromatic heterocycles. The zero-order chi connectivity index (χ0) is 14.8. The van der Waals surface area contributed by atoms with Crippen molar-refractivity contribution in [3.05, 3.63) is 35.9 Å². The van der Waals surface area contributed by atoms with Gasteiger partial charge in [0.1, 0.15) is 0 Å². The second-order valence-corrected chi connectivity index (χ2v) is 4.04. The van der Waals surface area contributed by atoms with E-state index in [9.17, 15) is 18.0 Å². The number of fused-ring (bicyclic) bond motifs is 1. The van der Waals surface area contributed by atoms with E-state index >= 15 is 0 Å². The van der Waals surface area contributed by atoms with Gasteiger partial charge in [-0.15, -0.1) is 0 Å². The fourth-order valence-corrected chi connectivity index (χ4v) is 1.67. The summed E-state index contributed by atoms with van der Waals surface area (Å²) in [6.07, 6.45) is -5.45. The highest BCUT2D eigenvalue weighted by Gasteiger charge is 2.27. The van der Waals surface area contributed by atoms with Gasteiger partial charge in [0.05, 0.1) is 24.1 Å². The van der Waals surface area contributed by atoms with Crippen LogP contribution in [-0.4, -0.2) is 28.8 Å². The maximum atomic E-state index is 12.0. The van der Waals surface area contributed by atoms with Gasteiger partial charge in [-0.25, -0.2) is 9.78 Å². The minimum Gasteiger partial charge on any atom is -0.478 e. The molecule has 106 valence electrons. The van der Waals surface area contributed by atoms with Gasteiger partial charge in [-0.3, -0.25) is 0 Å². The van der Waals surface area contributed by atoms with E-state index in [1.54, 1.807) is 24.3 Å². The minimum atomic E-state index is -4.33. The maximum Gasteiger partial charge on any atom is 0.392 e. The quantitative estimate of drug-likeness (QED) is 0.936. The van der Waals surface area contributed by atoms with E-state index in [1.807, 2.05) is 0 Å². The van der Waals surface area contributed by atoms with E-state index < -0.39 is 25.2 Å². The van der Waals surface area contributed by atoms with Gasteiger partial charge in [0, 0.05) is 11.5 Å². The molecule has 20 heavy (non-hydrogen) atoms. The zero-order valence-corrected chi connectivity index (χ0v) is 10.1. The number of hydrogen-bond donors (Lipinski definition) is 1. The number of halogens is 3. The highest BCUT2D eigenvalue weighted by Crippen LogP contribution is 2.23. The molecule has 0 aliphatic heterocycles. The fourth-order valence-electron chi connectivity index (χ4n) is 1.67. The van der Waals surface area contributed by atoms with Crippen LogP contribution in [-0.2, 0) is 0 Å². The van der Waals surface area contributed by atoms with Crippen molar-refractivity contribution in [2.45, 2.75) is 12.6 Å². The van der Waals surface area contributed by atoms with Crippen LogP contribution in [0.4, 0.5) is 13.2 Å². The van der Waals surface area contributed by atoms with Crippen molar-refractivity contribution in [3.63, 3.8) is 0 Å². The topological polar surface area (TPSA) is 59.4 Å². The summed E-state index contributed by atoms with van der Waals surface area (Å²) in [6.45, 7) is -0.603. The molecule has 0 bridgehead atoms. The van der Waals surface area contributed by atoms with E-state index in [2.05, 4.69) is 4.98 Å². The molecule has 0 amide bonds. The van der Waals surface area contributed by atoms with Gasteiger partial charge in [0.15, 0.2) is 0 Å². The summed E-state index contributed by atoms with van der Waals surface area (Å²) in [5.74, 6) is -1.32. The van der Waals surface area contributed by atoms with E-state index in [0.29, 0.717) is 10.9 Å². The Kier molecular flexibility index (Phi) is 3.78. The Morgan fingerprint density at radius 2 is 2.00 bits per heavy atom. The van der Waals surface area contributed by atoms with Crippen LogP contribution in [0.1, 0.15) is 16.8 Å². The second-order valence-electron chi connectivity index (χ2n) is 4.04. The maximum absolute atomic E-state index is 12.0. The Hall–Kier alpha value is -2.31. The predicted octanol–water partition coefficient (Wildman–Crippen LogP) is 3.26. The van der Waals surface area contributed by atoms with Crippen molar-refractivity contribution in [3.8, 4) is 5.88 Å². The largest absolute Gasteiger partial charge is 0.478 e. The molecule has 1 aromatic carbocycles. The van der Waals surface area contributed by atoms with Gasteiger partial charge in [-0.2, -0.15) is 13.2 Å². The van der Waals surface area contributed by atoms with Crippen LogP contribution in [0.5, 0.6) is 5.88 Å². The molecule has 1 heterocycles. The Bertz CT molecular complexity index is 640. The predicted molar refractivity (Wildman–Crippen MR) is 64.9 cm³/mol. The number of hydrogen-bond acceptors (Lipinski definition) is 3. The highest BCUT2D eigenvalue weighted by atomic mass is 19.4. The first-order valence-electron chi connectivity index (χ1n) is 5.69. The summed E-state index contributed by atoms with van der Waals surface area (Å²) in [4.78, 5) is 15.1. The van der Waals surface area contributed by atoms with Gasteiger partial charge in [0.2, 0.25) is 5.88 Å². The van der Waals surface area contributed by atoms with E-state index in [4.69, 9.17) is 9.84 Å². The third-order valence-corrected chi connectivity index (χ3v) is 2.56. The number of benzene rings is 1. The van der Waals surface area contributed by atoms with E-state index in [0.717, 1.165) is 6.07 Å². The van der Waals surface area contributed by atoms with Crippen LogP contribution < -0.4 is 4.74 Å². The molecule has 0 unspecified atom stereocenters. The average Bonchev–Trinajstić information content (AvgIpc) is 2.36. The zero-order valence-electron chi connectivity index (χ0n) is 10.1. The Labute approximate surface area is 111 Å². The molecule has 2 aromatic rings. The SMILES string of the molecule is O=C(O)c1cc(OCCC(F)(F)F)nc2ccccc12. The van der Waals surface area contributed by atoms with Gasteiger partial charge in [-0.05, 0) is 6.07 Å². The van der Waals surface area contributed by atoms with Crippen LogP contribution in [0, 0.1) is 0 Å². The molecular formula is C13H10F3NO3. The van der Waals surface area contributed by atoms with Crippen LogP contribution >= 0.6 is 0 Å². The minimum absolute atomic E-state index is 0.0578. The number of ether oxygens (including phenoxy) is 1. The summed E-state index contributed by atoms with van der Waals surface area (Å²) in [5, 5.41) is 9.50. The van der Waals surface area contributed by atoms with Crippen molar-refractivity contribution >= 4 is 16.9 Å². The van der Waals surface area contributed by atoms with E-state index in [1.165, 1.54) is 0 Å². The summed E-state index contributed by atoms with van der Waals surface area (Å²) in [7, 11) is 0. The van der Waals surface area contributed by atoms with Crippen molar-refractivity contribution in [2.75, 3.05) is 6.61 Å². The number of alkyl halides is 3. The lowest BCUT2D eigenvalue weighted by molar-refractivity contribution is -0.139. The van der Waals surface area contributed by atoms with Crippen LogP contribution in [0.15, 0.2) is 30.3 Å². The van der Waals surface area contributed by atoms with Gasteiger partial charge in [0.25, 0.3) is 0 Å². The molecule has 0 saturated heterocycles. The summed E-state index contributed by atoms with van der Waals surface area (Å²) >= 11 is 0. The molecule has 4 nitrogen and oxygen atoms in total. The Morgan fingerprint density at radius 3 is 2.65 bits per heavy atom. The molecule has 2 rings (SSSR count). The molecule has 0 saturated carbocycles. The molecule has 0 atom stereocenters. The Morgan fingerprint density at radius 1 is 1.30 bits per heavy atom. The molecule has 1 N–H and O–H groups in total. The van der Waals surface area contributed by atoms with Gasteiger partial charge in [-0.1, -0.05) is 18.2 Å². The van der Waals surface area contributed by atoms with Crippen LogP contribution in [0.3, 0.4) is 0 Å². The molecule has 0 aliphatic rings. The average molecular weight is 285 g/mol. The molecular weight excluding hydrogens is 275 g/mol. The third kappa shape index (κ3) is 3.37. The number of carboxylic acid groups (broad SMARTS) is 1. The number of aromatic nitrogens is 1. The molecule has 7 heteroatoms. The van der Waals surface area contributed by atoms with Crippen molar-refractivity contribution in [1.29, 1.82) is 0 Å². The number of carboxylic acids is 1. The second kappa shape index (κ2) is 5.36.